The van der Waals surface area contributed by atoms with Crippen LogP contribution in [0.4, 0.5) is 4.39 Å². The Balaban J connectivity index is 2.70. The number of hydrogen-bond donors (Lipinski definition) is 0. The van der Waals surface area contributed by atoms with Gasteiger partial charge >= 0.3 is 5.97 Å². The summed E-state index contributed by atoms with van der Waals surface area (Å²) in [5, 5.41) is -0.326. The van der Waals surface area contributed by atoms with Crippen molar-refractivity contribution < 1.29 is 18.1 Å². The lowest BCUT2D eigenvalue weighted by Gasteiger charge is -2.11. The molecule has 0 bridgehead atoms. The zero-order valence-electron chi connectivity index (χ0n) is 10.1. The van der Waals surface area contributed by atoms with Gasteiger partial charge in [-0.25, -0.2) is 4.39 Å². The lowest BCUT2D eigenvalue weighted by Crippen LogP contribution is -2.18. The van der Waals surface area contributed by atoms with Crippen molar-refractivity contribution in [3.05, 3.63) is 34.1 Å². The number of rotatable bonds is 5. The molecule has 1 aromatic carbocycles. The summed E-state index contributed by atoms with van der Waals surface area (Å²) in [6.07, 6.45) is 0.0933. The van der Waals surface area contributed by atoms with Gasteiger partial charge in [-0.05, 0) is 27.6 Å². The fourth-order valence-electron chi connectivity index (χ4n) is 1.37. The maximum absolute atomic E-state index is 13.3. The van der Waals surface area contributed by atoms with Gasteiger partial charge in [0, 0.05) is 16.0 Å². The fraction of sp³-hybridized carbons (Fsp3) is 0.417. The normalized spacial score (nSPS) is 14.0. The fourth-order valence-corrected chi connectivity index (χ4v) is 3.11. The first-order chi connectivity index (χ1) is 8.45. The largest absolute Gasteiger partial charge is 0.469 e. The monoisotopic (exact) mass is 336 g/mol. The predicted octanol–water partition coefficient (Wildman–Crippen LogP) is 2.79. The summed E-state index contributed by atoms with van der Waals surface area (Å²) in [4.78, 5) is 11.1. The minimum atomic E-state index is -1.25. The summed E-state index contributed by atoms with van der Waals surface area (Å²) in [6.45, 7) is 1.71. The van der Waals surface area contributed by atoms with Crippen LogP contribution in [-0.2, 0) is 26.1 Å². The maximum atomic E-state index is 13.3. The van der Waals surface area contributed by atoms with Crippen LogP contribution in [0.25, 0.3) is 0 Å². The summed E-state index contributed by atoms with van der Waals surface area (Å²) in [5.74, 6) is -0.574. The van der Waals surface area contributed by atoms with Crippen molar-refractivity contribution >= 4 is 32.7 Å². The lowest BCUT2D eigenvalue weighted by molar-refractivity contribution is -0.140. The van der Waals surface area contributed by atoms with Gasteiger partial charge in [0.2, 0.25) is 0 Å². The molecular formula is C12H14BrFO3S. The van der Waals surface area contributed by atoms with E-state index in [2.05, 4.69) is 20.7 Å². The lowest BCUT2D eigenvalue weighted by atomic mass is 10.2. The molecule has 0 radical (unpaired) electrons. The molecule has 0 amide bonds. The van der Waals surface area contributed by atoms with Gasteiger partial charge in [0.25, 0.3) is 0 Å². The highest BCUT2D eigenvalue weighted by molar-refractivity contribution is 9.10. The van der Waals surface area contributed by atoms with E-state index in [-0.39, 0.29) is 23.2 Å². The van der Waals surface area contributed by atoms with Crippen molar-refractivity contribution in [2.24, 2.45) is 0 Å². The molecule has 0 fully saturated rings. The van der Waals surface area contributed by atoms with Crippen LogP contribution in [0.3, 0.4) is 0 Å². The minimum absolute atomic E-state index is 0.0933. The van der Waals surface area contributed by atoms with Crippen molar-refractivity contribution in [3.63, 3.8) is 0 Å². The molecule has 18 heavy (non-hydrogen) atoms. The Morgan fingerprint density at radius 2 is 2.22 bits per heavy atom. The first-order valence-electron chi connectivity index (χ1n) is 5.32. The second kappa shape index (κ2) is 6.99. The first kappa shape index (κ1) is 15.3. The van der Waals surface area contributed by atoms with E-state index in [4.69, 9.17) is 0 Å². The molecule has 0 aliphatic heterocycles. The van der Waals surface area contributed by atoms with Gasteiger partial charge in [-0.2, -0.15) is 0 Å². The molecule has 6 heteroatoms. The highest BCUT2D eigenvalue weighted by atomic mass is 79.9. The molecule has 2 unspecified atom stereocenters. The Bertz CT molecular complexity index is 465. The molecule has 2 atom stereocenters. The molecule has 3 nitrogen and oxygen atoms in total. The van der Waals surface area contributed by atoms with Gasteiger partial charge in [-0.3, -0.25) is 9.00 Å². The average molecular weight is 337 g/mol. The van der Waals surface area contributed by atoms with E-state index in [1.807, 2.05) is 0 Å². The highest BCUT2D eigenvalue weighted by Crippen LogP contribution is 2.22. The molecule has 0 aliphatic carbocycles. The van der Waals surface area contributed by atoms with Crippen molar-refractivity contribution in [2.75, 3.05) is 7.11 Å². The summed E-state index contributed by atoms with van der Waals surface area (Å²) in [7, 11) is 0.0388. The van der Waals surface area contributed by atoms with E-state index < -0.39 is 16.8 Å². The molecule has 0 saturated carbocycles. The predicted molar refractivity (Wildman–Crippen MR) is 72.0 cm³/mol. The van der Waals surface area contributed by atoms with Crippen LogP contribution in [0.2, 0.25) is 0 Å². The van der Waals surface area contributed by atoms with Gasteiger partial charge in [0.1, 0.15) is 5.82 Å². The molecule has 0 heterocycles. The van der Waals surface area contributed by atoms with Gasteiger partial charge in [-0.1, -0.05) is 19.1 Å². The number of benzene rings is 1. The van der Waals surface area contributed by atoms with Crippen LogP contribution >= 0.6 is 15.9 Å². The van der Waals surface area contributed by atoms with E-state index >= 15 is 0 Å². The Labute approximate surface area is 116 Å². The second-order valence-corrected chi connectivity index (χ2v) is 6.48. The third-order valence-corrected chi connectivity index (χ3v) is 5.01. The summed E-state index contributed by atoms with van der Waals surface area (Å²) in [5.41, 5.74) is 0.630. The van der Waals surface area contributed by atoms with Gasteiger partial charge in [0.05, 0.1) is 23.8 Å². The zero-order valence-corrected chi connectivity index (χ0v) is 12.5. The molecule has 0 saturated heterocycles. The Kier molecular flexibility index (Phi) is 5.95. The number of methoxy groups -OCH3 is 1. The third kappa shape index (κ3) is 4.17. The molecule has 0 spiro atoms. The van der Waals surface area contributed by atoms with Crippen LogP contribution in [0.5, 0.6) is 0 Å². The molecule has 1 rings (SSSR count). The number of ether oxygens (including phenoxy) is 1. The van der Waals surface area contributed by atoms with E-state index in [0.29, 0.717) is 10.0 Å². The van der Waals surface area contributed by atoms with Crippen molar-refractivity contribution in [1.82, 2.24) is 0 Å². The molecule has 100 valence electrons. The van der Waals surface area contributed by atoms with Crippen LogP contribution in [0.15, 0.2) is 22.7 Å². The quantitative estimate of drug-likeness (QED) is 0.776. The van der Waals surface area contributed by atoms with Crippen LogP contribution in [0, 0.1) is 5.82 Å². The van der Waals surface area contributed by atoms with Gasteiger partial charge in [-0.15, -0.1) is 0 Å². The number of carbonyl (C=O) groups excluding carboxylic acids is 1. The van der Waals surface area contributed by atoms with Crippen molar-refractivity contribution in [1.29, 1.82) is 0 Å². The Morgan fingerprint density at radius 1 is 1.56 bits per heavy atom. The van der Waals surface area contributed by atoms with Crippen LogP contribution in [-0.4, -0.2) is 22.5 Å². The molecule has 0 aliphatic rings. The summed E-state index contributed by atoms with van der Waals surface area (Å²) in [6, 6.07) is 4.60. The van der Waals surface area contributed by atoms with E-state index in [9.17, 15) is 13.4 Å². The van der Waals surface area contributed by atoms with E-state index in [0.717, 1.165) is 0 Å². The molecule has 0 N–H and O–H groups in total. The molecule has 1 aromatic rings. The van der Waals surface area contributed by atoms with Crippen molar-refractivity contribution in [2.45, 2.75) is 24.3 Å². The number of hydrogen-bond acceptors (Lipinski definition) is 3. The average Bonchev–Trinajstić information content (AvgIpc) is 2.34. The number of halogens is 2. The Morgan fingerprint density at radius 3 is 2.83 bits per heavy atom. The second-order valence-electron chi connectivity index (χ2n) is 3.83. The number of esters is 1. The standard InChI is InChI=1S/C12H14BrFO3S/c1-8(6-11(15)17-2)18(16)7-9-4-3-5-10(14)12(9)13/h3-5,8H,6-7H2,1-2H3. The SMILES string of the molecule is COC(=O)CC(C)S(=O)Cc1cccc(F)c1Br. The summed E-state index contributed by atoms with van der Waals surface area (Å²) < 4.78 is 30.1. The Hall–Kier alpha value is -0.750. The van der Waals surface area contributed by atoms with Crippen LogP contribution in [0.1, 0.15) is 18.9 Å². The topological polar surface area (TPSA) is 43.4 Å². The van der Waals surface area contributed by atoms with Gasteiger partial charge < -0.3 is 4.74 Å². The smallest absolute Gasteiger partial charge is 0.306 e. The first-order valence-corrected chi connectivity index (χ1v) is 7.50. The van der Waals surface area contributed by atoms with E-state index in [1.165, 1.54) is 13.2 Å². The maximum Gasteiger partial charge on any atom is 0.306 e. The minimum Gasteiger partial charge on any atom is -0.469 e. The zero-order chi connectivity index (χ0) is 13.7. The number of carbonyl (C=O) groups is 1. The molecule has 0 aromatic heterocycles. The molecular weight excluding hydrogens is 323 g/mol. The van der Waals surface area contributed by atoms with E-state index in [1.54, 1.807) is 19.1 Å². The van der Waals surface area contributed by atoms with Gasteiger partial charge in [0.15, 0.2) is 0 Å². The van der Waals surface area contributed by atoms with Crippen LogP contribution < -0.4 is 0 Å². The van der Waals surface area contributed by atoms with Crippen molar-refractivity contribution in [3.8, 4) is 0 Å². The highest BCUT2D eigenvalue weighted by Gasteiger charge is 2.17. The third-order valence-electron chi connectivity index (χ3n) is 2.46. The summed E-state index contributed by atoms with van der Waals surface area (Å²) >= 11 is 3.12.